The lowest BCUT2D eigenvalue weighted by molar-refractivity contribution is -0.270. The zero-order valence-electron chi connectivity index (χ0n) is 25.6. The maximum atomic E-state index is 13.9. The van der Waals surface area contributed by atoms with Crippen LogP contribution in [0.1, 0.15) is 67.7 Å². The van der Waals surface area contributed by atoms with Gasteiger partial charge < -0.3 is 25.2 Å². The Balaban J connectivity index is 1.74. The molecule has 2 aliphatic rings. The fourth-order valence-electron chi connectivity index (χ4n) is 5.22. The molecule has 45 heavy (non-hydrogen) atoms. The Morgan fingerprint density at radius 2 is 1.36 bits per heavy atom. The summed E-state index contributed by atoms with van der Waals surface area (Å²) in [6, 6.07) is 1.34. The summed E-state index contributed by atoms with van der Waals surface area (Å²) in [6.45, 7) is 7.59. The van der Waals surface area contributed by atoms with Crippen LogP contribution in [0.5, 0.6) is 0 Å². The van der Waals surface area contributed by atoms with Crippen molar-refractivity contribution in [1.29, 1.82) is 0 Å². The highest BCUT2D eigenvalue weighted by Crippen LogP contribution is 2.37. The van der Waals surface area contributed by atoms with Crippen molar-refractivity contribution in [1.82, 2.24) is 20.4 Å². The largest absolute Gasteiger partial charge is 0.461 e. The number of amides is 4. The van der Waals surface area contributed by atoms with E-state index in [0.29, 0.717) is 44.7 Å². The highest BCUT2D eigenvalue weighted by atomic mass is 19.4. The number of nitrogens with one attached hydrogen (secondary N) is 2. The molecule has 1 aromatic carbocycles. The lowest BCUT2D eigenvalue weighted by atomic mass is 9.93. The standard InChI is InChI=1S/C30H39F5N4O6/c1-17(2)22(24(40)29(31,32)30(33,34)35)36-26(42)21-7-5-6-12-39(21)28(44)23(18(3)4)37-25(41)19-8-10-20(11-9-19)27(43)38-13-15-45-16-14-38/h8-11,17-18,21-23H,5-7,12-16H2,1-4H3,(H,36,42)(H,37,41)/t21?,22?,23-/m0/s1. The normalized spacial score (nSPS) is 19.2. The molecule has 0 saturated carbocycles. The smallest absolute Gasteiger partial charge is 0.378 e. The number of nitrogens with zero attached hydrogens (tertiary/aromatic N) is 2. The van der Waals surface area contributed by atoms with Gasteiger partial charge in [0, 0.05) is 30.8 Å². The van der Waals surface area contributed by atoms with Crippen molar-refractivity contribution in [3.63, 3.8) is 0 Å². The number of carbonyl (C=O) groups is 5. The Kier molecular flexibility index (Phi) is 11.7. The van der Waals surface area contributed by atoms with Gasteiger partial charge >= 0.3 is 12.1 Å². The number of morpholine rings is 1. The summed E-state index contributed by atoms with van der Waals surface area (Å²) < 4.78 is 71.7. The van der Waals surface area contributed by atoms with Gasteiger partial charge in [0.15, 0.2) is 0 Å². The number of ether oxygens (including phenoxy) is 1. The van der Waals surface area contributed by atoms with Gasteiger partial charge in [0.25, 0.3) is 11.8 Å². The first-order valence-electron chi connectivity index (χ1n) is 14.8. The van der Waals surface area contributed by atoms with Crippen LogP contribution in [-0.4, -0.2) is 102 Å². The third-order valence-electron chi connectivity index (χ3n) is 7.91. The predicted octanol–water partition coefficient (Wildman–Crippen LogP) is 3.20. The minimum absolute atomic E-state index is 0.0629. The molecule has 2 fully saturated rings. The molecule has 250 valence electrons. The van der Waals surface area contributed by atoms with E-state index in [1.165, 1.54) is 38.1 Å². The molecule has 2 aliphatic heterocycles. The predicted molar refractivity (Wildman–Crippen MR) is 151 cm³/mol. The molecular weight excluding hydrogens is 607 g/mol. The van der Waals surface area contributed by atoms with E-state index in [1.807, 2.05) is 5.32 Å². The van der Waals surface area contributed by atoms with E-state index >= 15 is 0 Å². The number of likely N-dealkylation sites (tertiary alicyclic amines) is 1. The van der Waals surface area contributed by atoms with E-state index < -0.39 is 65.6 Å². The Labute approximate surface area is 258 Å². The molecule has 3 atom stereocenters. The van der Waals surface area contributed by atoms with E-state index in [0.717, 1.165) is 4.90 Å². The number of carbonyl (C=O) groups excluding carboxylic acids is 5. The number of hydrogen-bond donors (Lipinski definition) is 2. The number of Topliss-reactive ketones (excluding diaryl/α,β-unsaturated/α-hetero) is 1. The van der Waals surface area contributed by atoms with Crippen LogP contribution in [0.3, 0.4) is 0 Å². The van der Waals surface area contributed by atoms with Gasteiger partial charge in [-0.3, -0.25) is 24.0 Å². The molecular formula is C30H39F5N4O6. The topological polar surface area (TPSA) is 125 Å². The van der Waals surface area contributed by atoms with E-state index in [2.05, 4.69) is 5.32 Å². The monoisotopic (exact) mass is 646 g/mol. The summed E-state index contributed by atoms with van der Waals surface area (Å²) in [4.78, 5) is 67.9. The molecule has 2 unspecified atom stereocenters. The molecule has 1 aromatic rings. The van der Waals surface area contributed by atoms with E-state index in [1.54, 1.807) is 18.7 Å². The minimum atomic E-state index is -6.14. The maximum Gasteiger partial charge on any atom is 0.461 e. The molecule has 0 spiro atoms. The van der Waals surface area contributed by atoms with Crippen molar-refractivity contribution in [3.05, 3.63) is 35.4 Å². The van der Waals surface area contributed by atoms with Crippen LogP contribution in [0.15, 0.2) is 24.3 Å². The van der Waals surface area contributed by atoms with Gasteiger partial charge in [-0.25, -0.2) is 0 Å². The second kappa shape index (κ2) is 14.6. The van der Waals surface area contributed by atoms with E-state index in [9.17, 15) is 45.9 Å². The number of ketones is 1. The number of rotatable bonds is 10. The zero-order chi connectivity index (χ0) is 33.7. The van der Waals surface area contributed by atoms with Crippen molar-refractivity contribution in [3.8, 4) is 0 Å². The average Bonchev–Trinajstić information content (AvgIpc) is 3.00. The first-order chi connectivity index (χ1) is 21.0. The van der Waals surface area contributed by atoms with Crippen molar-refractivity contribution in [2.45, 2.75) is 77.2 Å². The third kappa shape index (κ3) is 8.35. The molecule has 0 aliphatic carbocycles. The van der Waals surface area contributed by atoms with Crippen molar-refractivity contribution in [2.75, 3.05) is 32.8 Å². The number of halogens is 5. The zero-order valence-corrected chi connectivity index (χ0v) is 25.6. The maximum absolute atomic E-state index is 13.9. The van der Waals surface area contributed by atoms with Crippen LogP contribution in [0.25, 0.3) is 0 Å². The summed E-state index contributed by atoms with van der Waals surface area (Å²) in [5.41, 5.74) is 0.544. The molecule has 3 rings (SSSR count). The van der Waals surface area contributed by atoms with Crippen LogP contribution in [0.2, 0.25) is 0 Å². The second-order valence-electron chi connectivity index (χ2n) is 11.9. The van der Waals surface area contributed by atoms with Crippen molar-refractivity contribution in [2.24, 2.45) is 11.8 Å². The molecule has 10 nitrogen and oxygen atoms in total. The van der Waals surface area contributed by atoms with Gasteiger partial charge in [-0.1, -0.05) is 27.7 Å². The van der Waals surface area contributed by atoms with Crippen molar-refractivity contribution < 1.29 is 50.7 Å². The fourth-order valence-corrected chi connectivity index (χ4v) is 5.22. The number of alkyl halides is 5. The summed E-state index contributed by atoms with van der Waals surface area (Å²) in [7, 11) is 0. The van der Waals surface area contributed by atoms with Crippen molar-refractivity contribution >= 4 is 29.4 Å². The average molecular weight is 647 g/mol. The molecule has 0 radical (unpaired) electrons. The minimum Gasteiger partial charge on any atom is -0.378 e. The summed E-state index contributed by atoms with van der Waals surface area (Å²) in [5, 5.41) is 4.70. The van der Waals surface area contributed by atoms with Crippen LogP contribution in [0.4, 0.5) is 22.0 Å². The number of benzene rings is 1. The van der Waals surface area contributed by atoms with Gasteiger partial charge in [0.05, 0.1) is 19.3 Å². The van der Waals surface area contributed by atoms with Crippen LogP contribution < -0.4 is 10.6 Å². The molecule has 2 N–H and O–H groups in total. The Morgan fingerprint density at radius 3 is 1.89 bits per heavy atom. The second-order valence-corrected chi connectivity index (χ2v) is 11.9. The van der Waals surface area contributed by atoms with Gasteiger partial charge in [0.2, 0.25) is 17.6 Å². The first-order valence-corrected chi connectivity index (χ1v) is 14.8. The highest BCUT2D eigenvalue weighted by Gasteiger charge is 2.64. The summed E-state index contributed by atoms with van der Waals surface area (Å²) in [6.07, 6.45) is -5.14. The molecule has 4 amide bonds. The lowest BCUT2D eigenvalue weighted by Crippen LogP contribution is -2.62. The molecule has 0 bridgehead atoms. The molecule has 0 aromatic heterocycles. The summed E-state index contributed by atoms with van der Waals surface area (Å²) >= 11 is 0. The Hall–Kier alpha value is -3.62. The molecule has 2 heterocycles. The number of piperidine rings is 1. The first kappa shape index (κ1) is 35.9. The molecule has 2 saturated heterocycles. The quantitative estimate of drug-likeness (QED) is 0.377. The van der Waals surface area contributed by atoms with Gasteiger partial charge in [-0.15, -0.1) is 0 Å². The fraction of sp³-hybridized carbons (Fsp3) is 0.633. The van der Waals surface area contributed by atoms with Crippen LogP contribution in [-0.2, 0) is 19.1 Å². The van der Waals surface area contributed by atoms with Gasteiger partial charge in [-0.2, -0.15) is 22.0 Å². The van der Waals surface area contributed by atoms with Gasteiger partial charge in [0.1, 0.15) is 12.1 Å². The Bertz CT molecular complexity index is 1250. The van der Waals surface area contributed by atoms with Crippen LogP contribution >= 0.6 is 0 Å². The number of hydrogen-bond acceptors (Lipinski definition) is 6. The van der Waals surface area contributed by atoms with Crippen LogP contribution in [0, 0.1) is 11.8 Å². The summed E-state index contributed by atoms with van der Waals surface area (Å²) in [5.74, 6) is -12.3. The van der Waals surface area contributed by atoms with E-state index in [4.69, 9.17) is 4.74 Å². The van der Waals surface area contributed by atoms with E-state index in [-0.39, 0.29) is 24.4 Å². The Morgan fingerprint density at radius 1 is 0.800 bits per heavy atom. The lowest BCUT2D eigenvalue weighted by Gasteiger charge is -2.39. The highest BCUT2D eigenvalue weighted by molar-refractivity contribution is 6.01. The third-order valence-corrected chi connectivity index (χ3v) is 7.91. The molecule has 15 heteroatoms. The SMILES string of the molecule is CC(C)C(NC(=O)C1CCCCN1C(=O)[C@@H](NC(=O)c1ccc(C(=O)N2CCOCC2)cc1)C(C)C)C(=O)C(F)(F)C(F)(F)F. The van der Waals surface area contributed by atoms with Gasteiger partial charge in [-0.05, 0) is 55.4 Å².